The standard InChI is InChI=1S/C27H31F2N4P/c1-27(28,29)22-15-16-23(33-24(22)25(34)21-14-7-17-31-26(21)30)18-8-5-12-20(13-6-9-18)32-19-10-3-2-4-11-19/h2-4,7,10-11,14-18,20,32,34H,5-6,8-9,12-13H2,1H3,(H2,30,31). The number of rotatable bonds is 6. The second-order valence-corrected chi connectivity index (χ2v) is 9.60. The summed E-state index contributed by atoms with van der Waals surface area (Å²) in [5.74, 6) is -2.53. The largest absolute Gasteiger partial charge is 0.383 e. The summed E-state index contributed by atoms with van der Waals surface area (Å²) in [6.07, 6.45) is 7.79. The Bertz CT molecular complexity index is 1120. The molecule has 0 saturated heterocycles. The van der Waals surface area contributed by atoms with Crippen LogP contribution < -0.4 is 11.1 Å². The van der Waals surface area contributed by atoms with Crippen LogP contribution in [0.1, 0.15) is 73.9 Å². The number of nitrogens with one attached hydrogen (secondary N) is 1. The number of hydrogen-bond donors (Lipinski definition) is 2. The molecule has 1 fully saturated rings. The summed E-state index contributed by atoms with van der Waals surface area (Å²) in [5, 5.41) is 4.08. The molecular weight excluding hydrogens is 449 g/mol. The van der Waals surface area contributed by atoms with E-state index < -0.39 is 5.92 Å². The summed E-state index contributed by atoms with van der Waals surface area (Å²) in [6, 6.07) is 17.5. The van der Waals surface area contributed by atoms with Gasteiger partial charge in [-0.05, 0) is 62.1 Å². The number of nitrogens with zero attached hydrogens (tertiary/aromatic N) is 2. The van der Waals surface area contributed by atoms with Gasteiger partial charge in [0.15, 0.2) is 0 Å². The Morgan fingerprint density at radius 2 is 1.71 bits per heavy atom. The molecule has 1 aromatic carbocycles. The number of halogens is 2. The smallest absolute Gasteiger partial charge is 0.272 e. The van der Waals surface area contributed by atoms with Crippen molar-refractivity contribution in [3.63, 3.8) is 0 Å². The molecule has 178 valence electrons. The SMILES string of the molecule is CC(F)(F)c1ccc(C2CCCC(Nc3ccccc3)CCC2)nc1C(=P)c1cccnc1N. The van der Waals surface area contributed by atoms with Crippen LogP contribution in [0.2, 0.25) is 0 Å². The van der Waals surface area contributed by atoms with E-state index in [0.29, 0.717) is 16.9 Å². The molecule has 4 nitrogen and oxygen atoms in total. The number of pyridine rings is 2. The molecule has 1 saturated carbocycles. The summed E-state index contributed by atoms with van der Waals surface area (Å²) in [4.78, 5) is 8.87. The molecule has 2 heterocycles. The summed E-state index contributed by atoms with van der Waals surface area (Å²) >= 11 is 0. The monoisotopic (exact) mass is 480 g/mol. The summed E-state index contributed by atoms with van der Waals surface area (Å²) in [6.45, 7) is 0.898. The molecule has 7 heteroatoms. The molecule has 0 radical (unpaired) electrons. The van der Waals surface area contributed by atoms with E-state index in [4.69, 9.17) is 10.7 Å². The Hall–Kier alpha value is -2.85. The predicted molar refractivity (Wildman–Crippen MR) is 138 cm³/mol. The first-order valence-electron chi connectivity index (χ1n) is 11.8. The first kappa shape index (κ1) is 24.3. The second-order valence-electron chi connectivity index (χ2n) is 9.10. The fourth-order valence-electron chi connectivity index (χ4n) is 4.72. The van der Waals surface area contributed by atoms with Crippen LogP contribution in [0, 0.1) is 0 Å². The van der Waals surface area contributed by atoms with Gasteiger partial charge in [-0.3, -0.25) is 4.98 Å². The van der Waals surface area contributed by atoms with Crippen LogP contribution >= 0.6 is 8.86 Å². The topological polar surface area (TPSA) is 63.8 Å². The Morgan fingerprint density at radius 1 is 1.00 bits per heavy atom. The molecular formula is C27H31F2N4P. The van der Waals surface area contributed by atoms with E-state index in [0.717, 1.165) is 56.8 Å². The van der Waals surface area contributed by atoms with Crippen LogP contribution in [-0.4, -0.2) is 21.3 Å². The maximum absolute atomic E-state index is 14.5. The van der Waals surface area contributed by atoms with Gasteiger partial charge >= 0.3 is 0 Å². The van der Waals surface area contributed by atoms with Gasteiger partial charge in [-0.2, -0.15) is 0 Å². The number of nitrogen functional groups attached to an aromatic ring is 1. The van der Waals surface area contributed by atoms with Crippen molar-refractivity contribution < 1.29 is 8.78 Å². The number of aromatic nitrogens is 2. The van der Waals surface area contributed by atoms with Crippen molar-refractivity contribution >= 4 is 25.7 Å². The molecule has 4 rings (SSSR count). The molecule has 3 aromatic rings. The minimum Gasteiger partial charge on any atom is -0.383 e. The van der Waals surface area contributed by atoms with E-state index >= 15 is 0 Å². The highest BCUT2D eigenvalue weighted by atomic mass is 31.0. The zero-order chi connectivity index (χ0) is 24.1. The molecule has 0 atom stereocenters. The van der Waals surface area contributed by atoms with Crippen LogP contribution in [0.4, 0.5) is 20.3 Å². The summed E-state index contributed by atoms with van der Waals surface area (Å²) in [5.41, 5.74) is 8.70. The van der Waals surface area contributed by atoms with E-state index in [1.165, 1.54) is 6.07 Å². The first-order valence-corrected chi connectivity index (χ1v) is 12.3. The van der Waals surface area contributed by atoms with Gasteiger partial charge in [0.05, 0.1) is 5.69 Å². The van der Waals surface area contributed by atoms with Gasteiger partial charge < -0.3 is 11.1 Å². The summed E-state index contributed by atoms with van der Waals surface area (Å²) in [7, 11) is 3.57. The van der Waals surface area contributed by atoms with Crippen molar-refractivity contribution in [1.82, 2.24) is 9.97 Å². The van der Waals surface area contributed by atoms with Crippen LogP contribution in [0.5, 0.6) is 0 Å². The van der Waals surface area contributed by atoms with Gasteiger partial charge in [-0.1, -0.05) is 31.0 Å². The normalized spacial score (nSPS) is 19.1. The minimum atomic E-state index is -3.03. The van der Waals surface area contributed by atoms with Crippen molar-refractivity contribution in [2.24, 2.45) is 0 Å². The van der Waals surface area contributed by atoms with Crippen molar-refractivity contribution in [2.75, 3.05) is 11.1 Å². The maximum atomic E-state index is 14.5. The number of alkyl halides is 2. The van der Waals surface area contributed by atoms with E-state index in [2.05, 4.69) is 31.3 Å². The lowest BCUT2D eigenvalue weighted by Gasteiger charge is -2.27. The van der Waals surface area contributed by atoms with Gasteiger partial charge in [0.1, 0.15) is 5.82 Å². The highest BCUT2D eigenvalue weighted by Gasteiger charge is 2.31. The molecule has 34 heavy (non-hydrogen) atoms. The van der Waals surface area contributed by atoms with Gasteiger partial charge in [0.25, 0.3) is 5.92 Å². The van der Waals surface area contributed by atoms with Crippen molar-refractivity contribution in [3.8, 4) is 0 Å². The third-order valence-electron chi connectivity index (χ3n) is 6.51. The minimum absolute atomic E-state index is 0.123. The number of hydrogen-bond acceptors (Lipinski definition) is 4. The third kappa shape index (κ3) is 5.79. The predicted octanol–water partition coefficient (Wildman–Crippen LogP) is 6.80. The molecule has 0 aliphatic heterocycles. The van der Waals surface area contributed by atoms with E-state index in [9.17, 15) is 8.78 Å². The average molecular weight is 481 g/mol. The summed E-state index contributed by atoms with van der Waals surface area (Å²) < 4.78 is 29.0. The fraction of sp³-hybridized carbons (Fsp3) is 0.370. The molecule has 1 aliphatic carbocycles. The maximum Gasteiger partial charge on any atom is 0.272 e. The molecule has 0 unspecified atom stereocenters. The van der Waals surface area contributed by atoms with Crippen molar-refractivity contribution in [2.45, 2.75) is 63.3 Å². The molecule has 3 N–H and O–H groups in total. The number of para-hydroxylation sites is 1. The van der Waals surface area contributed by atoms with Crippen molar-refractivity contribution in [1.29, 1.82) is 0 Å². The van der Waals surface area contributed by atoms with Crippen LogP contribution in [0.15, 0.2) is 60.8 Å². The molecule has 1 aliphatic rings. The number of nitrogens with two attached hydrogens (primary N) is 1. The third-order valence-corrected chi connectivity index (χ3v) is 7.01. The lowest BCUT2D eigenvalue weighted by Crippen LogP contribution is -2.22. The first-order chi connectivity index (χ1) is 16.3. The Kier molecular flexibility index (Phi) is 7.57. The number of anilines is 2. The fourth-order valence-corrected chi connectivity index (χ4v) is 5.13. The Morgan fingerprint density at radius 3 is 2.35 bits per heavy atom. The van der Waals surface area contributed by atoms with Gasteiger partial charge in [-0.15, -0.1) is 8.86 Å². The Labute approximate surface area is 202 Å². The lowest BCUT2D eigenvalue weighted by atomic mass is 9.86. The molecule has 2 aromatic heterocycles. The van der Waals surface area contributed by atoms with E-state index in [1.807, 2.05) is 18.2 Å². The van der Waals surface area contributed by atoms with Gasteiger partial charge in [0, 0.05) is 52.9 Å². The van der Waals surface area contributed by atoms with Crippen LogP contribution in [0.25, 0.3) is 0 Å². The zero-order valence-electron chi connectivity index (χ0n) is 19.4. The highest BCUT2D eigenvalue weighted by molar-refractivity contribution is 7.23. The quantitative estimate of drug-likeness (QED) is 0.381. The van der Waals surface area contributed by atoms with E-state index in [-0.39, 0.29) is 23.0 Å². The zero-order valence-corrected chi connectivity index (χ0v) is 20.4. The molecule has 0 bridgehead atoms. The average Bonchev–Trinajstić information content (AvgIpc) is 2.80. The number of benzene rings is 1. The Balaban J connectivity index is 1.54. The second kappa shape index (κ2) is 10.6. The molecule has 0 spiro atoms. The van der Waals surface area contributed by atoms with Crippen LogP contribution in [0.3, 0.4) is 0 Å². The van der Waals surface area contributed by atoms with Crippen molar-refractivity contribution in [3.05, 3.63) is 83.3 Å². The highest BCUT2D eigenvalue weighted by Crippen LogP contribution is 2.35. The lowest BCUT2D eigenvalue weighted by molar-refractivity contribution is 0.0169. The molecule has 0 amide bonds. The van der Waals surface area contributed by atoms with Gasteiger partial charge in [-0.25, -0.2) is 13.8 Å². The van der Waals surface area contributed by atoms with Gasteiger partial charge in [0.2, 0.25) is 0 Å². The van der Waals surface area contributed by atoms with Crippen LogP contribution in [-0.2, 0) is 5.92 Å². The van der Waals surface area contributed by atoms with E-state index in [1.54, 1.807) is 24.4 Å².